The molecule has 1 aliphatic carbocycles. The fraction of sp³-hybridized carbons (Fsp3) is 0.596. The molecule has 6 N–H and O–H groups in total. The Bertz CT molecular complexity index is 1660. The van der Waals surface area contributed by atoms with E-state index in [1.54, 1.807) is 0 Å². The number of hydrogen-bond donors (Lipinski definition) is 6. The van der Waals surface area contributed by atoms with E-state index < -0.39 is 63.1 Å². The second-order valence-electron chi connectivity index (χ2n) is 17.3. The van der Waals surface area contributed by atoms with Crippen LogP contribution in [0.25, 0.3) is 0 Å². The van der Waals surface area contributed by atoms with E-state index in [-0.39, 0.29) is 13.0 Å². The van der Waals surface area contributed by atoms with E-state index >= 15 is 0 Å². The number of phosphoric ester groups is 1. The normalized spacial score (nSPS) is 22.0. The molecule has 0 bridgehead atoms. The summed E-state index contributed by atoms with van der Waals surface area (Å²) in [7, 11) is -5.05. The van der Waals surface area contributed by atoms with Crippen LogP contribution in [0, 0.1) is 0 Å². The minimum absolute atomic E-state index is 0.115. The Morgan fingerprint density at radius 2 is 0.800 bits per heavy atom. The molecule has 396 valence electrons. The third kappa shape index (κ3) is 36.4. The van der Waals surface area contributed by atoms with Crippen molar-refractivity contribution in [3.63, 3.8) is 0 Å². The van der Waals surface area contributed by atoms with Crippen molar-refractivity contribution in [3.8, 4) is 0 Å². The molecular weight excluding hydrogens is 908 g/mol. The molecule has 1 rings (SSSR count). The zero-order valence-electron chi connectivity index (χ0n) is 42.5. The molecule has 0 spiro atoms. The Balaban J connectivity index is 2.41. The third-order valence-corrected chi connectivity index (χ3v) is 12.0. The molecule has 6 atom stereocenters. The van der Waals surface area contributed by atoms with E-state index in [1.165, 1.54) is 0 Å². The molecule has 0 heterocycles. The highest BCUT2D eigenvalue weighted by Gasteiger charge is 2.51. The number of hydrogen-bond acceptors (Lipinski definition) is 11. The number of ether oxygens (including phenoxy) is 2. The van der Waals surface area contributed by atoms with Crippen LogP contribution in [-0.4, -0.2) is 98.9 Å². The molecule has 1 aliphatic rings. The summed E-state index contributed by atoms with van der Waals surface area (Å²) in [6.45, 7) is 3.93. The smallest absolute Gasteiger partial charge is 0.457 e. The Kier molecular flexibility index (Phi) is 41.8. The Morgan fingerprint density at radius 3 is 1.21 bits per heavy atom. The van der Waals surface area contributed by atoms with Crippen molar-refractivity contribution in [2.24, 2.45) is 0 Å². The van der Waals surface area contributed by atoms with E-state index in [0.717, 1.165) is 128 Å². The van der Waals surface area contributed by atoms with Gasteiger partial charge in [-0.05, 0) is 109 Å². The lowest BCUT2D eigenvalue weighted by molar-refractivity contribution is -0.220. The van der Waals surface area contributed by atoms with Crippen LogP contribution in [0.1, 0.15) is 155 Å². The fourth-order valence-corrected chi connectivity index (χ4v) is 7.94. The van der Waals surface area contributed by atoms with Crippen molar-refractivity contribution < 1.29 is 58.3 Å². The lowest BCUT2D eigenvalue weighted by Gasteiger charge is -2.41. The first-order valence-corrected chi connectivity index (χ1v) is 27.5. The Morgan fingerprint density at radius 1 is 0.457 bits per heavy atom. The summed E-state index contributed by atoms with van der Waals surface area (Å²) in [6, 6.07) is 0. The summed E-state index contributed by atoms with van der Waals surface area (Å²) < 4.78 is 34.3. The van der Waals surface area contributed by atoms with Crippen LogP contribution in [0.2, 0.25) is 0 Å². The maximum Gasteiger partial charge on any atom is 0.472 e. The highest BCUT2D eigenvalue weighted by molar-refractivity contribution is 7.47. The molecule has 70 heavy (non-hydrogen) atoms. The quantitative estimate of drug-likeness (QED) is 0.0147. The number of carbonyl (C=O) groups excluding carboxylic acids is 1. The van der Waals surface area contributed by atoms with Gasteiger partial charge in [0.15, 0.2) is 0 Å². The standard InChI is InChI=1S/C57H91O12P/c1-3-5-7-9-11-13-15-17-19-21-23-25-27-29-31-33-35-37-39-41-43-45-47-66-48-50(49-67-70(64,65)69-57-55(62)53(60)52(59)54(61)56(57)63)68-51(58)46-44-42-40-38-36-34-32-30-28-26-24-22-20-18-16-14-12-10-8-6-4-2/h5-8,11-14,17-20,23-26,29-32,36,38,50,52-57,59-63H,3-4,9-10,15-16,21-22,27-28,33-35,37,39-49H2,1-2H3,(H,64,65)/b7-5-,8-6-,13-11-,14-12-,19-17-,20-18-,25-23-,26-24-,31-29-,32-30-,38-36-. The number of esters is 1. The number of carbonyl (C=O) groups is 1. The van der Waals surface area contributed by atoms with Crippen LogP contribution in [0.3, 0.4) is 0 Å². The van der Waals surface area contributed by atoms with Crippen LogP contribution in [0.5, 0.6) is 0 Å². The van der Waals surface area contributed by atoms with Gasteiger partial charge in [-0.2, -0.15) is 0 Å². The summed E-state index contributed by atoms with van der Waals surface area (Å²) in [5.41, 5.74) is 0. The van der Waals surface area contributed by atoms with Gasteiger partial charge in [0, 0.05) is 13.0 Å². The van der Waals surface area contributed by atoms with E-state index in [0.29, 0.717) is 13.0 Å². The lowest BCUT2D eigenvalue weighted by Crippen LogP contribution is -2.64. The van der Waals surface area contributed by atoms with Gasteiger partial charge >= 0.3 is 13.8 Å². The van der Waals surface area contributed by atoms with Crippen LogP contribution in [-0.2, 0) is 27.9 Å². The average molecular weight is 999 g/mol. The number of allylic oxidation sites excluding steroid dienone is 22. The second kappa shape index (κ2) is 45.4. The highest BCUT2D eigenvalue weighted by Crippen LogP contribution is 2.47. The molecule has 6 unspecified atom stereocenters. The van der Waals surface area contributed by atoms with Crippen molar-refractivity contribution in [2.45, 2.75) is 198 Å². The molecule has 12 nitrogen and oxygen atoms in total. The summed E-state index contributed by atoms with van der Waals surface area (Å²) in [5, 5.41) is 50.3. The van der Waals surface area contributed by atoms with E-state index in [1.807, 2.05) is 0 Å². The minimum Gasteiger partial charge on any atom is -0.457 e. The van der Waals surface area contributed by atoms with Gasteiger partial charge in [-0.1, -0.05) is 173 Å². The molecule has 0 aromatic rings. The van der Waals surface area contributed by atoms with Gasteiger partial charge in [-0.3, -0.25) is 13.8 Å². The zero-order valence-corrected chi connectivity index (χ0v) is 43.4. The first kappa shape index (κ1) is 64.5. The molecule has 1 fully saturated rings. The third-order valence-electron chi connectivity index (χ3n) is 11.0. The maximum absolute atomic E-state index is 12.9. The molecule has 0 aliphatic heterocycles. The van der Waals surface area contributed by atoms with Crippen LogP contribution < -0.4 is 0 Å². The van der Waals surface area contributed by atoms with Crippen LogP contribution in [0.4, 0.5) is 0 Å². The van der Waals surface area contributed by atoms with Gasteiger partial charge in [-0.15, -0.1) is 0 Å². The number of unbranched alkanes of at least 4 members (excludes halogenated alkanes) is 8. The first-order chi connectivity index (χ1) is 34.0. The minimum atomic E-state index is -5.05. The van der Waals surface area contributed by atoms with Crippen molar-refractivity contribution in [1.29, 1.82) is 0 Å². The fourth-order valence-electron chi connectivity index (χ4n) is 6.97. The number of aliphatic hydroxyl groups excluding tert-OH is 5. The topological polar surface area (TPSA) is 192 Å². The molecule has 0 aromatic heterocycles. The van der Waals surface area contributed by atoms with Crippen molar-refractivity contribution in [3.05, 3.63) is 134 Å². The van der Waals surface area contributed by atoms with E-state index in [4.69, 9.17) is 18.5 Å². The SMILES string of the molecule is CC/C=C\C/C=C\C/C=C\C/C=C\C/C=C\C/C=C\CCCCC(=O)OC(COCCCCCCCC/C=C\C/C=C\C/C=C\C/C=C\C/C=C\CC)COP(=O)(O)OC1C(O)C(O)C(O)C(O)C1O. The second-order valence-corrected chi connectivity index (χ2v) is 18.7. The summed E-state index contributed by atoms with van der Waals surface area (Å²) in [5.74, 6) is -0.531. The van der Waals surface area contributed by atoms with Gasteiger partial charge in [0.05, 0.1) is 13.2 Å². The van der Waals surface area contributed by atoms with Crippen molar-refractivity contribution in [1.82, 2.24) is 0 Å². The van der Waals surface area contributed by atoms with Crippen molar-refractivity contribution in [2.75, 3.05) is 19.8 Å². The summed E-state index contributed by atoms with van der Waals surface area (Å²) in [6.07, 6.45) is 55.1. The summed E-state index contributed by atoms with van der Waals surface area (Å²) in [4.78, 5) is 23.3. The van der Waals surface area contributed by atoms with Gasteiger partial charge in [0.1, 0.15) is 42.7 Å². The zero-order chi connectivity index (χ0) is 51.2. The monoisotopic (exact) mass is 999 g/mol. The van der Waals surface area contributed by atoms with Crippen molar-refractivity contribution >= 4 is 13.8 Å². The number of aliphatic hydroxyl groups is 5. The molecule has 0 amide bonds. The van der Waals surface area contributed by atoms with E-state index in [9.17, 15) is 39.8 Å². The van der Waals surface area contributed by atoms with Gasteiger partial charge in [0.2, 0.25) is 0 Å². The van der Waals surface area contributed by atoms with E-state index in [2.05, 4.69) is 148 Å². The number of phosphoric acid groups is 1. The van der Waals surface area contributed by atoms with Gasteiger partial charge in [0.25, 0.3) is 0 Å². The largest absolute Gasteiger partial charge is 0.472 e. The predicted octanol–water partition coefficient (Wildman–Crippen LogP) is 12.0. The van der Waals surface area contributed by atoms with Gasteiger partial charge < -0.3 is 39.9 Å². The Hall–Kier alpha value is -3.52. The molecule has 0 aromatic carbocycles. The molecule has 13 heteroatoms. The highest BCUT2D eigenvalue weighted by atomic mass is 31.2. The molecule has 0 radical (unpaired) electrons. The summed E-state index contributed by atoms with van der Waals surface area (Å²) >= 11 is 0. The van der Waals surface area contributed by atoms with Crippen LogP contribution in [0.15, 0.2) is 134 Å². The average Bonchev–Trinajstić information content (AvgIpc) is 3.35. The first-order valence-electron chi connectivity index (χ1n) is 26.0. The lowest BCUT2D eigenvalue weighted by atomic mass is 9.85. The molecule has 1 saturated carbocycles. The predicted molar refractivity (Wildman–Crippen MR) is 285 cm³/mol. The van der Waals surface area contributed by atoms with Crippen LogP contribution >= 0.6 is 7.82 Å². The maximum atomic E-state index is 12.9. The van der Waals surface area contributed by atoms with Gasteiger partial charge in [-0.25, -0.2) is 4.57 Å². The number of rotatable bonds is 42. The Labute approximate surface area is 422 Å². The molecular formula is C57H91O12P. The molecule has 0 saturated heterocycles.